The minimum absolute atomic E-state index is 0.111. The normalized spacial score (nSPS) is 11.3. The van der Waals surface area contributed by atoms with Gasteiger partial charge in [0.05, 0.1) is 21.7 Å². The Balaban J connectivity index is 2.64. The number of hydrogen-bond donors (Lipinski definition) is 2. The maximum absolute atomic E-state index is 13.2. The van der Waals surface area contributed by atoms with Gasteiger partial charge in [0.15, 0.2) is 0 Å². The van der Waals surface area contributed by atoms with Gasteiger partial charge in [-0.2, -0.15) is 0 Å². The second-order valence-electron chi connectivity index (χ2n) is 3.99. The molecule has 7 nitrogen and oxygen atoms in total. The molecule has 0 aliphatic carbocycles. The molecule has 0 aliphatic rings. The van der Waals surface area contributed by atoms with E-state index in [0.29, 0.717) is 13.0 Å². The van der Waals surface area contributed by atoms with Crippen molar-refractivity contribution in [1.29, 1.82) is 0 Å². The molecule has 0 radical (unpaired) electrons. The molecular formula is C10H13BrFN3O4S. The standard InChI is InChI=1S/C10H13BrFN3O4S/c1-20(18,19)14-4-2-3-13-9-5-7(11)8(12)6-10(9)15(16)17/h5-6,13-14H,2-4H2,1H3. The second kappa shape index (κ2) is 6.95. The maximum Gasteiger partial charge on any atom is 0.295 e. The highest BCUT2D eigenvalue weighted by molar-refractivity contribution is 9.10. The van der Waals surface area contributed by atoms with Crippen molar-refractivity contribution in [3.8, 4) is 0 Å². The lowest BCUT2D eigenvalue weighted by Gasteiger charge is -2.08. The first-order valence-corrected chi connectivity index (χ1v) is 8.21. The maximum atomic E-state index is 13.2. The average Bonchev–Trinajstić information content (AvgIpc) is 2.31. The van der Waals surface area contributed by atoms with Gasteiger partial charge in [-0.25, -0.2) is 17.5 Å². The van der Waals surface area contributed by atoms with E-state index in [4.69, 9.17) is 0 Å². The van der Waals surface area contributed by atoms with Crippen molar-refractivity contribution in [3.63, 3.8) is 0 Å². The third kappa shape index (κ3) is 5.39. The first kappa shape index (κ1) is 16.8. The van der Waals surface area contributed by atoms with Crippen LogP contribution in [0.4, 0.5) is 15.8 Å². The molecule has 1 aromatic rings. The first-order chi connectivity index (χ1) is 9.20. The Kier molecular flexibility index (Phi) is 5.84. The topological polar surface area (TPSA) is 101 Å². The number of anilines is 1. The molecule has 1 rings (SSSR count). The fraction of sp³-hybridized carbons (Fsp3) is 0.400. The highest BCUT2D eigenvalue weighted by Gasteiger charge is 2.17. The van der Waals surface area contributed by atoms with E-state index in [1.54, 1.807) is 0 Å². The van der Waals surface area contributed by atoms with Crippen molar-refractivity contribution in [3.05, 3.63) is 32.5 Å². The third-order valence-electron chi connectivity index (χ3n) is 2.27. The number of halogens is 2. The lowest BCUT2D eigenvalue weighted by molar-refractivity contribution is -0.384. The number of benzene rings is 1. The first-order valence-electron chi connectivity index (χ1n) is 5.52. The van der Waals surface area contributed by atoms with E-state index in [-0.39, 0.29) is 22.4 Å². The number of rotatable bonds is 7. The zero-order valence-corrected chi connectivity index (χ0v) is 12.9. The number of nitro benzene ring substituents is 1. The minimum Gasteiger partial charge on any atom is -0.379 e. The molecule has 0 amide bonds. The van der Waals surface area contributed by atoms with Gasteiger partial charge in [0, 0.05) is 13.1 Å². The highest BCUT2D eigenvalue weighted by Crippen LogP contribution is 2.30. The molecule has 0 heterocycles. The molecule has 10 heteroatoms. The zero-order valence-electron chi connectivity index (χ0n) is 10.5. The molecule has 2 N–H and O–H groups in total. The summed E-state index contributed by atoms with van der Waals surface area (Å²) in [6.07, 6.45) is 1.47. The van der Waals surface area contributed by atoms with Crippen molar-refractivity contribution in [2.75, 3.05) is 24.7 Å². The second-order valence-corrected chi connectivity index (χ2v) is 6.67. The van der Waals surface area contributed by atoms with Crippen molar-refractivity contribution in [2.45, 2.75) is 6.42 Å². The summed E-state index contributed by atoms with van der Waals surface area (Å²) in [5.41, 5.74) is -0.204. The largest absolute Gasteiger partial charge is 0.379 e. The average molecular weight is 370 g/mol. The number of sulfonamides is 1. The highest BCUT2D eigenvalue weighted by atomic mass is 79.9. The molecule has 0 atom stereocenters. The van der Waals surface area contributed by atoms with Gasteiger partial charge in [-0.05, 0) is 28.4 Å². The number of nitrogens with zero attached hydrogens (tertiary/aromatic N) is 1. The number of nitrogens with one attached hydrogen (secondary N) is 2. The Morgan fingerprint density at radius 3 is 2.60 bits per heavy atom. The van der Waals surface area contributed by atoms with Gasteiger partial charge >= 0.3 is 0 Å². The summed E-state index contributed by atoms with van der Waals surface area (Å²) in [5.74, 6) is -0.721. The fourth-order valence-electron chi connectivity index (χ4n) is 1.40. The molecule has 0 fully saturated rings. The smallest absolute Gasteiger partial charge is 0.295 e. The van der Waals surface area contributed by atoms with Crippen LogP contribution < -0.4 is 10.0 Å². The van der Waals surface area contributed by atoms with Gasteiger partial charge in [-0.3, -0.25) is 10.1 Å². The summed E-state index contributed by atoms with van der Waals surface area (Å²) in [7, 11) is -3.25. The Bertz CT molecular complexity index is 609. The molecule has 0 unspecified atom stereocenters. The van der Waals surface area contributed by atoms with Crippen LogP contribution in [0, 0.1) is 15.9 Å². The van der Waals surface area contributed by atoms with Crippen molar-refractivity contribution < 1.29 is 17.7 Å². The van der Waals surface area contributed by atoms with Gasteiger partial charge < -0.3 is 5.32 Å². The minimum atomic E-state index is -3.25. The zero-order chi connectivity index (χ0) is 15.3. The summed E-state index contributed by atoms with van der Waals surface area (Å²) in [5, 5.41) is 13.6. The van der Waals surface area contributed by atoms with E-state index >= 15 is 0 Å². The Morgan fingerprint density at radius 2 is 2.05 bits per heavy atom. The van der Waals surface area contributed by atoms with Crippen LogP contribution in [0.3, 0.4) is 0 Å². The molecule has 0 saturated heterocycles. The molecule has 0 saturated carbocycles. The molecule has 112 valence electrons. The van der Waals surface area contributed by atoms with Crippen LogP contribution in [0.2, 0.25) is 0 Å². The summed E-state index contributed by atoms with van der Waals surface area (Å²) in [6.45, 7) is 0.517. The molecule has 0 aromatic heterocycles. The van der Waals surface area contributed by atoms with Crippen molar-refractivity contribution >= 4 is 37.3 Å². The van der Waals surface area contributed by atoms with E-state index in [1.165, 1.54) is 6.07 Å². The van der Waals surface area contributed by atoms with Gasteiger partial charge in [-0.1, -0.05) is 0 Å². The lowest BCUT2D eigenvalue weighted by atomic mass is 10.2. The predicted molar refractivity (Wildman–Crippen MR) is 76.7 cm³/mol. The monoisotopic (exact) mass is 369 g/mol. The summed E-state index contributed by atoms with van der Waals surface area (Å²) >= 11 is 2.95. The Labute approximate surface area is 123 Å². The van der Waals surface area contributed by atoms with E-state index in [1.807, 2.05) is 0 Å². The molecule has 1 aromatic carbocycles. The van der Waals surface area contributed by atoms with Crippen LogP contribution in [0.5, 0.6) is 0 Å². The summed E-state index contributed by atoms with van der Waals surface area (Å²) < 4.78 is 37.3. The lowest BCUT2D eigenvalue weighted by Crippen LogP contribution is -2.24. The quantitative estimate of drug-likeness (QED) is 0.433. The van der Waals surface area contributed by atoms with Crippen LogP contribution >= 0.6 is 15.9 Å². The molecular weight excluding hydrogens is 357 g/mol. The van der Waals surface area contributed by atoms with Crippen LogP contribution in [0.1, 0.15) is 6.42 Å². The molecule has 0 spiro atoms. The van der Waals surface area contributed by atoms with Crippen LogP contribution in [0.25, 0.3) is 0 Å². The van der Waals surface area contributed by atoms with E-state index in [9.17, 15) is 22.9 Å². The van der Waals surface area contributed by atoms with E-state index < -0.39 is 20.8 Å². The fourth-order valence-corrected chi connectivity index (χ4v) is 2.26. The van der Waals surface area contributed by atoms with Crippen molar-refractivity contribution in [1.82, 2.24) is 4.72 Å². The summed E-state index contributed by atoms with van der Waals surface area (Å²) in [6, 6.07) is 2.10. The molecule has 0 bridgehead atoms. The third-order valence-corrected chi connectivity index (χ3v) is 3.60. The van der Waals surface area contributed by atoms with Gasteiger partial charge in [-0.15, -0.1) is 0 Å². The van der Waals surface area contributed by atoms with Gasteiger partial charge in [0.2, 0.25) is 10.0 Å². The van der Waals surface area contributed by atoms with E-state index in [0.717, 1.165) is 12.3 Å². The van der Waals surface area contributed by atoms with Crippen molar-refractivity contribution in [2.24, 2.45) is 0 Å². The van der Waals surface area contributed by atoms with Crippen LogP contribution in [-0.2, 0) is 10.0 Å². The van der Waals surface area contributed by atoms with Gasteiger partial charge in [0.25, 0.3) is 5.69 Å². The number of hydrogen-bond acceptors (Lipinski definition) is 5. The molecule has 20 heavy (non-hydrogen) atoms. The number of nitro groups is 1. The SMILES string of the molecule is CS(=O)(=O)NCCCNc1cc(Br)c(F)cc1[N+](=O)[O-]. The molecule has 0 aliphatic heterocycles. The predicted octanol–water partition coefficient (Wildman–Crippen LogP) is 1.85. The van der Waals surface area contributed by atoms with Gasteiger partial charge in [0.1, 0.15) is 11.5 Å². The van der Waals surface area contributed by atoms with Crippen LogP contribution in [0.15, 0.2) is 16.6 Å². The Morgan fingerprint density at radius 1 is 1.40 bits per heavy atom. The van der Waals surface area contributed by atoms with E-state index in [2.05, 4.69) is 26.0 Å². The Hall–Kier alpha value is -1.26. The van der Waals surface area contributed by atoms with Crippen LogP contribution in [-0.4, -0.2) is 32.7 Å². The summed E-state index contributed by atoms with van der Waals surface area (Å²) in [4.78, 5) is 10.1.